The molecule has 0 spiro atoms. The molecule has 0 radical (unpaired) electrons. The van der Waals surface area contributed by atoms with Crippen LogP contribution in [0.2, 0.25) is 0 Å². The first-order valence-electron chi connectivity index (χ1n) is 5.45. The van der Waals surface area contributed by atoms with Crippen molar-refractivity contribution in [1.29, 1.82) is 0 Å². The number of hydrogen-bond acceptors (Lipinski definition) is 2. The van der Waals surface area contributed by atoms with E-state index in [1.807, 2.05) is 32.1 Å². The molecule has 2 nitrogen and oxygen atoms in total. The third-order valence-electron chi connectivity index (χ3n) is 3.18. The standard InChI is InChI=1S/C13H22O2/c1-7-8-9-10(2)11-14-12(3,4)13(5,6)15-11/h7-9,11H,1-6H3/b8-7-,10-9+. The highest BCUT2D eigenvalue weighted by Crippen LogP contribution is 2.40. The van der Waals surface area contributed by atoms with E-state index in [1.165, 1.54) is 0 Å². The van der Waals surface area contributed by atoms with Gasteiger partial charge in [0.2, 0.25) is 0 Å². The molecule has 0 amide bonds. The highest BCUT2D eigenvalue weighted by atomic mass is 16.7. The molecule has 2 heteroatoms. The molecule has 0 bridgehead atoms. The molecular weight excluding hydrogens is 188 g/mol. The van der Waals surface area contributed by atoms with Gasteiger partial charge in [-0.25, -0.2) is 0 Å². The summed E-state index contributed by atoms with van der Waals surface area (Å²) in [5.41, 5.74) is 0.609. The summed E-state index contributed by atoms with van der Waals surface area (Å²) in [7, 11) is 0. The summed E-state index contributed by atoms with van der Waals surface area (Å²) in [6.07, 6.45) is 5.81. The van der Waals surface area contributed by atoms with Crippen LogP contribution in [0.5, 0.6) is 0 Å². The summed E-state index contributed by atoms with van der Waals surface area (Å²) in [6, 6.07) is 0. The van der Waals surface area contributed by atoms with Gasteiger partial charge in [0.25, 0.3) is 0 Å². The molecule has 1 aliphatic heterocycles. The highest BCUT2D eigenvalue weighted by Gasteiger charge is 2.49. The zero-order valence-electron chi connectivity index (χ0n) is 10.6. The second-order valence-corrected chi connectivity index (χ2v) is 5.02. The van der Waals surface area contributed by atoms with Crippen molar-refractivity contribution < 1.29 is 9.47 Å². The van der Waals surface area contributed by atoms with Crippen molar-refractivity contribution in [2.75, 3.05) is 0 Å². The van der Waals surface area contributed by atoms with E-state index >= 15 is 0 Å². The van der Waals surface area contributed by atoms with Gasteiger partial charge < -0.3 is 9.47 Å². The summed E-state index contributed by atoms with van der Waals surface area (Å²) in [6.45, 7) is 12.3. The molecule has 0 unspecified atom stereocenters. The maximum Gasteiger partial charge on any atom is 0.181 e. The average Bonchev–Trinajstić information content (AvgIpc) is 2.32. The lowest BCUT2D eigenvalue weighted by Crippen LogP contribution is -2.41. The van der Waals surface area contributed by atoms with Crippen LogP contribution in [0.3, 0.4) is 0 Å². The van der Waals surface area contributed by atoms with E-state index in [4.69, 9.17) is 9.47 Å². The number of ether oxygens (including phenoxy) is 2. The molecule has 0 aliphatic carbocycles. The monoisotopic (exact) mass is 210 g/mol. The second-order valence-electron chi connectivity index (χ2n) is 5.02. The van der Waals surface area contributed by atoms with Crippen molar-refractivity contribution in [2.24, 2.45) is 0 Å². The summed E-state index contributed by atoms with van der Waals surface area (Å²) >= 11 is 0. The minimum absolute atomic E-state index is 0.216. The average molecular weight is 210 g/mol. The summed E-state index contributed by atoms with van der Waals surface area (Å²) in [4.78, 5) is 0. The molecule has 0 aromatic rings. The largest absolute Gasteiger partial charge is 0.340 e. The van der Waals surface area contributed by atoms with Gasteiger partial charge in [0.1, 0.15) is 0 Å². The third kappa shape index (κ3) is 2.50. The summed E-state index contributed by atoms with van der Waals surface area (Å²) < 4.78 is 11.8. The number of allylic oxidation sites excluding steroid dienone is 3. The van der Waals surface area contributed by atoms with Gasteiger partial charge in [0.05, 0.1) is 11.2 Å². The van der Waals surface area contributed by atoms with Crippen molar-refractivity contribution in [2.45, 2.75) is 59.0 Å². The fourth-order valence-electron chi connectivity index (χ4n) is 1.36. The van der Waals surface area contributed by atoms with Gasteiger partial charge in [0, 0.05) is 0 Å². The topological polar surface area (TPSA) is 18.5 Å². The Morgan fingerprint density at radius 2 is 1.53 bits per heavy atom. The Labute approximate surface area is 93.0 Å². The molecule has 15 heavy (non-hydrogen) atoms. The summed E-state index contributed by atoms with van der Waals surface area (Å²) in [5.74, 6) is 0. The Morgan fingerprint density at radius 1 is 1.07 bits per heavy atom. The van der Waals surface area contributed by atoms with Gasteiger partial charge in [-0.05, 0) is 47.1 Å². The second kappa shape index (κ2) is 4.11. The quantitative estimate of drug-likeness (QED) is 0.650. The van der Waals surface area contributed by atoms with Crippen molar-refractivity contribution in [1.82, 2.24) is 0 Å². The number of hydrogen-bond donors (Lipinski definition) is 0. The van der Waals surface area contributed by atoms with Crippen molar-refractivity contribution >= 4 is 0 Å². The maximum atomic E-state index is 5.90. The van der Waals surface area contributed by atoms with E-state index in [1.54, 1.807) is 0 Å². The lowest BCUT2D eigenvalue weighted by Gasteiger charge is -2.30. The van der Waals surface area contributed by atoms with Gasteiger partial charge >= 0.3 is 0 Å². The molecule has 86 valence electrons. The van der Waals surface area contributed by atoms with Gasteiger partial charge in [-0.15, -0.1) is 0 Å². The molecule has 1 heterocycles. The smallest absolute Gasteiger partial charge is 0.181 e. The Bertz CT molecular complexity index is 269. The SMILES string of the molecule is C/C=C\C=C(/C)C1OC(C)(C)C(C)(C)O1. The van der Waals surface area contributed by atoms with Crippen LogP contribution >= 0.6 is 0 Å². The Hall–Kier alpha value is -0.600. The van der Waals surface area contributed by atoms with E-state index in [9.17, 15) is 0 Å². The normalized spacial score (nSPS) is 26.4. The highest BCUT2D eigenvalue weighted by molar-refractivity contribution is 5.14. The third-order valence-corrected chi connectivity index (χ3v) is 3.18. The summed E-state index contributed by atoms with van der Waals surface area (Å²) in [5, 5.41) is 0. The first kappa shape index (κ1) is 12.5. The molecule has 0 atom stereocenters. The maximum absolute atomic E-state index is 5.90. The molecule has 0 N–H and O–H groups in total. The first-order chi connectivity index (χ1) is 6.80. The van der Waals surface area contributed by atoms with Crippen LogP contribution in [0.1, 0.15) is 41.5 Å². The van der Waals surface area contributed by atoms with E-state index in [-0.39, 0.29) is 17.5 Å². The Kier molecular flexibility index (Phi) is 3.41. The van der Waals surface area contributed by atoms with Crippen LogP contribution in [0.4, 0.5) is 0 Å². The first-order valence-corrected chi connectivity index (χ1v) is 5.45. The predicted molar refractivity (Wildman–Crippen MR) is 62.7 cm³/mol. The van der Waals surface area contributed by atoms with E-state index in [2.05, 4.69) is 27.7 Å². The van der Waals surface area contributed by atoms with Crippen molar-refractivity contribution in [3.05, 3.63) is 23.8 Å². The van der Waals surface area contributed by atoms with E-state index < -0.39 is 0 Å². The lowest BCUT2D eigenvalue weighted by molar-refractivity contribution is -0.0587. The van der Waals surface area contributed by atoms with Crippen molar-refractivity contribution in [3.8, 4) is 0 Å². The molecule has 1 aliphatic rings. The Balaban J connectivity index is 2.79. The van der Waals surface area contributed by atoms with Crippen LogP contribution < -0.4 is 0 Å². The van der Waals surface area contributed by atoms with Gasteiger partial charge in [-0.2, -0.15) is 0 Å². The molecule has 0 aromatic heterocycles. The van der Waals surface area contributed by atoms with Gasteiger partial charge in [-0.3, -0.25) is 0 Å². The predicted octanol–water partition coefficient (Wildman–Crippen LogP) is 3.44. The molecule has 1 rings (SSSR count). The molecule has 1 saturated heterocycles. The molecule has 0 aromatic carbocycles. The van der Waals surface area contributed by atoms with Crippen molar-refractivity contribution in [3.63, 3.8) is 0 Å². The molecular formula is C13H22O2. The zero-order valence-corrected chi connectivity index (χ0v) is 10.6. The van der Waals surface area contributed by atoms with Crippen LogP contribution in [0, 0.1) is 0 Å². The van der Waals surface area contributed by atoms with E-state index in [0.717, 1.165) is 5.57 Å². The zero-order chi connectivity index (χ0) is 11.7. The fourth-order valence-corrected chi connectivity index (χ4v) is 1.36. The Morgan fingerprint density at radius 3 is 1.93 bits per heavy atom. The molecule has 1 fully saturated rings. The minimum Gasteiger partial charge on any atom is -0.340 e. The van der Waals surface area contributed by atoms with Crippen LogP contribution in [0.25, 0.3) is 0 Å². The van der Waals surface area contributed by atoms with Gasteiger partial charge in [-0.1, -0.05) is 18.2 Å². The van der Waals surface area contributed by atoms with Gasteiger partial charge in [0.15, 0.2) is 6.29 Å². The van der Waals surface area contributed by atoms with Crippen LogP contribution in [-0.2, 0) is 9.47 Å². The minimum atomic E-state index is -0.247. The molecule has 0 saturated carbocycles. The lowest BCUT2D eigenvalue weighted by atomic mass is 9.90. The van der Waals surface area contributed by atoms with Crippen LogP contribution in [0.15, 0.2) is 23.8 Å². The number of rotatable bonds is 2. The van der Waals surface area contributed by atoms with Crippen LogP contribution in [-0.4, -0.2) is 17.5 Å². The van der Waals surface area contributed by atoms with E-state index in [0.29, 0.717) is 0 Å². The fraction of sp³-hybridized carbons (Fsp3) is 0.692.